The molecule has 3 aromatic rings. The van der Waals surface area contributed by atoms with Gasteiger partial charge in [0, 0.05) is 19.1 Å². The van der Waals surface area contributed by atoms with E-state index in [4.69, 9.17) is 9.47 Å². The van der Waals surface area contributed by atoms with Crippen molar-refractivity contribution < 1.29 is 23.4 Å². The van der Waals surface area contributed by atoms with E-state index in [1.807, 2.05) is 27.7 Å². The molecule has 1 heterocycles. The van der Waals surface area contributed by atoms with Gasteiger partial charge in [-0.2, -0.15) is 5.10 Å². The quantitative estimate of drug-likeness (QED) is 0.401. The Bertz CT molecular complexity index is 1090. The van der Waals surface area contributed by atoms with Crippen molar-refractivity contribution in [1.82, 2.24) is 14.7 Å². The first-order valence-electron chi connectivity index (χ1n) is 11.8. The van der Waals surface area contributed by atoms with E-state index < -0.39 is 6.10 Å². The number of rotatable bonds is 10. The maximum Gasteiger partial charge on any atom is 0.227 e. The Morgan fingerprint density at radius 1 is 1.00 bits per heavy atom. The van der Waals surface area contributed by atoms with Gasteiger partial charge in [0.2, 0.25) is 5.88 Å². The lowest BCUT2D eigenvalue weighted by molar-refractivity contribution is -0.0587. The molecule has 0 radical (unpaired) electrons. The van der Waals surface area contributed by atoms with Crippen molar-refractivity contribution in [2.45, 2.75) is 65.8 Å². The van der Waals surface area contributed by atoms with Gasteiger partial charge in [0.15, 0.2) is 0 Å². The number of aromatic nitrogens is 2. The maximum absolute atomic E-state index is 13.6. The van der Waals surface area contributed by atoms with Crippen LogP contribution in [-0.4, -0.2) is 50.7 Å². The van der Waals surface area contributed by atoms with Crippen LogP contribution in [0.3, 0.4) is 0 Å². The topological polar surface area (TPSA) is 59.8 Å². The molecule has 8 heteroatoms. The summed E-state index contributed by atoms with van der Waals surface area (Å²) in [4.78, 5) is 2.12. The number of hydrogen-bond donors (Lipinski definition) is 1. The summed E-state index contributed by atoms with van der Waals surface area (Å²) in [5, 5.41) is 15.3. The standard InChI is InChI=1S/C27H35F2N3O3/c1-18(2)31(15-23(33)17-34-27(4,5)6)16-25-19(3)30-32(22-11-7-20(28)8-12-22)26(25)35-24-13-9-21(29)10-14-24/h7-14,18,23,33H,15-17H2,1-6H3/t23-/m1/s1. The molecule has 0 saturated heterocycles. The van der Waals surface area contributed by atoms with Crippen molar-refractivity contribution in [2.24, 2.45) is 0 Å². The summed E-state index contributed by atoms with van der Waals surface area (Å²) in [5.74, 6) is 0.187. The van der Waals surface area contributed by atoms with Crippen molar-refractivity contribution in [3.8, 4) is 17.3 Å². The number of halogens is 2. The average Bonchev–Trinajstić information content (AvgIpc) is 3.08. The third kappa shape index (κ3) is 7.59. The van der Waals surface area contributed by atoms with Crippen LogP contribution in [0.25, 0.3) is 5.69 Å². The largest absolute Gasteiger partial charge is 0.439 e. The summed E-state index contributed by atoms with van der Waals surface area (Å²) in [6.45, 7) is 12.9. The van der Waals surface area contributed by atoms with E-state index in [1.165, 1.54) is 24.3 Å². The predicted octanol–water partition coefficient (Wildman–Crippen LogP) is 5.64. The highest BCUT2D eigenvalue weighted by Gasteiger charge is 2.24. The number of aliphatic hydroxyl groups is 1. The highest BCUT2D eigenvalue weighted by molar-refractivity contribution is 5.43. The first kappa shape index (κ1) is 26.8. The molecule has 1 N–H and O–H groups in total. The van der Waals surface area contributed by atoms with Crippen LogP contribution < -0.4 is 4.74 Å². The van der Waals surface area contributed by atoms with E-state index in [1.54, 1.807) is 28.9 Å². The molecule has 0 bridgehead atoms. The van der Waals surface area contributed by atoms with Crippen LogP contribution in [0.4, 0.5) is 8.78 Å². The minimum atomic E-state index is -0.675. The van der Waals surface area contributed by atoms with Crippen LogP contribution in [0.5, 0.6) is 11.6 Å². The van der Waals surface area contributed by atoms with Crippen molar-refractivity contribution in [3.05, 3.63) is 71.4 Å². The van der Waals surface area contributed by atoms with Crippen LogP contribution in [0.2, 0.25) is 0 Å². The van der Waals surface area contributed by atoms with E-state index >= 15 is 0 Å². The zero-order valence-corrected chi connectivity index (χ0v) is 21.3. The fourth-order valence-corrected chi connectivity index (χ4v) is 3.53. The van der Waals surface area contributed by atoms with E-state index in [0.717, 1.165) is 11.3 Å². The average molecular weight is 488 g/mol. The van der Waals surface area contributed by atoms with Gasteiger partial charge in [-0.3, -0.25) is 4.90 Å². The molecule has 0 saturated carbocycles. The van der Waals surface area contributed by atoms with Gasteiger partial charge in [-0.15, -0.1) is 0 Å². The van der Waals surface area contributed by atoms with E-state index in [9.17, 15) is 13.9 Å². The summed E-state index contributed by atoms with van der Waals surface area (Å²) in [6.07, 6.45) is -0.675. The molecule has 6 nitrogen and oxygen atoms in total. The zero-order valence-electron chi connectivity index (χ0n) is 21.3. The van der Waals surface area contributed by atoms with Crippen LogP contribution in [0, 0.1) is 18.6 Å². The number of aliphatic hydroxyl groups excluding tert-OH is 1. The van der Waals surface area contributed by atoms with E-state index in [0.29, 0.717) is 30.4 Å². The molecule has 35 heavy (non-hydrogen) atoms. The lowest BCUT2D eigenvalue weighted by Crippen LogP contribution is -2.40. The highest BCUT2D eigenvalue weighted by Crippen LogP contribution is 2.32. The monoisotopic (exact) mass is 487 g/mol. The highest BCUT2D eigenvalue weighted by atomic mass is 19.1. The van der Waals surface area contributed by atoms with Crippen molar-refractivity contribution >= 4 is 0 Å². The molecule has 0 spiro atoms. The Hall–Kier alpha value is -2.81. The fourth-order valence-electron chi connectivity index (χ4n) is 3.53. The van der Waals surface area contributed by atoms with Gasteiger partial charge in [-0.1, -0.05) is 0 Å². The smallest absolute Gasteiger partial charge is 0.227 e. The third-order valence-corrected chi connectivity index (χ3v) is 5.48. The molecule has 0 aliphatic rings. The summed E-state index contributed by atoms with van der Waals surface area (Å²) in [6, 6.07) is 11.8. The second-order valence-electron chi connectivity index (χ2n) is 9.91. The lowest BCUT2D eigenvalue weighted by atomic mass is 10.1. The maximum atomic E-state index is 13.6. The molecule has 0 aliphatic heterocycles. The minimum Gasteiger partial charge on any atom is -0.439 e. The van der Waals surface area contributed by atoms with Gasteiger partial charge in [0.05, 0.1) is 35.3 Å². The summed E-state index contributed by atoms with van der Waals surface area (Å²) < 4.78 is 40.6. The SMILES string of the molecule is Cc1nn(-c2ccc(F)cc2)c(Oc2ccc(F)cc2)c1CN(C[C@@H](O)COC(C)(C)C)C(C)C. The fraction of sp³-hybridized carbons (Fsp3) is 0.444. The number of ether oxygens (including phenoxy) is 2. The number of hydrogen-bond acceptors (Lipinski definition) is 5. The zero-order chi connectivity index (χ0) is 25.8. The van der Waals surface area contributed by atoms with Crippen LogP contribution in [0.1, 0.15) is 45.9 Å². The molecule has 1 aromatic heterocycles. The molecule has 2 aromatic carbocycles. The van der Waals surface area contributed by atoms with Crippen molar-refractivity contribution in [1.29, 1.82) is 0 Å². The minimum absolute atomic E-state index is 0.117. The molecule has 1 atom stereocenters. The summed E-state index contributed by atoms with van der Waals surface area (Å²) >= 11 is 0. The van der Waals surface area contributed by atoms with Gasteiger partial charge in [0.1, 0.15) is 17.4 Å². The molecule has 0 aliphatic carbocycles. The summed E-state index contributed by atoms with van der Waals surface area (Å²) in [5.41, 5.74) is 1.84. The number of benzene rings is 2. The molecular weight excluding hydrogens is 452 g/mol. The summed E-state index contributed by atoms with van der Waals surface area (Å²) in [7, 11) is 0. The Morgan fingerprint density at radius 3 is 2.11 bits per heavy atom. The molecule has 0 amide bonds. The lowest BCUT2D eigenvalue weighted by Gasteiger charge is -2.30. The van der Waals surface area contributed by atoms with Gasteiger partial charge < -0.3 is 14.6 Å². The third-order valence-electron chi connectivity index (χ3n) is 5.48. The Labute approximate surface area is 206 Å². The first-order valence-corrected chi connectivity index (χ1v) is 11.8. The molecule has 0 fully saturated rings. The predicted molar refractivity (Wildman–Crippen MR) is 132 cm³/mol. The van der Waals surface area contributed by atoms with E-state index in [-0.39, 0.29) is 29.9 Å². The van der Waals surface area contributed by atoms with Gasteiger partial charge in [0.25, 0.3) is 0 Å². The molecule has 0 unspecified atom stereocenters. The molecule has 190 valence electrons. The molecule has 3 rings (SSSR count). The van der Waals surface area contributed by atoms with Crippen molar-refractivity contribution in [3.63, 3.8) is 0 Å². The van der Waals surface area contributed by atoms with Gasteiger partial charge in [-0.25, -0.2) is 13.5 Å². The van der Waals surface area contributed by atoms with Crippen LogP contribution in [-0.2, 0) is 11.3 Å². The van der Waals surface area contributed by atoms with Gasteiger partial charge in [-0.05, 0) is 90.1 Å². The van der Waals surface area contributed by atoms with Crippen molar-refractivity contribution in [2.75, 3.05) is 13.2 Å². The normalized spacial score (nSPS) is 13.0. The first-order chi connectivity index (χ1) is 16.4. The molecular formula is C27H35F2N3O3. The van der Waals surface area contributed by atoms with Crippen LogP contribution >= 0.6 is 0 Å². The number of aryl methyl sites for hydroxylation is 1. The number of nitrogens with zero attached hydrogens (tertiary/aromatic N) is 3. The van der Waals surface area contributed by atoms with Crippen LogP contribution in [0.15, 0.2) is 48.5 Å². The Balaban J connectivity index is 1.94. The van der Waals surface area contributed by atoms with E-state index in [2.05, 4.69) is 23.8 Å². The second kappa shape index (κ2) is 11.3. The Kier molecular flexibility index (Phi) is 8.64. The second-order valence-corrected chi connectivity index (χ2v) is 9.91. The van der Waals surface area contributed by atoms with Gasteiger partial charge >= 0.3 is 0 Å². The Morgan fingerprint density at radius 2 is 1.57 bits per heavy atom.